The minimum atomic E-state index is -0.247. The van der Waals surface area contributed by atoms with E-state index < -0.39 is 0 Å². The normalized spacial score (nSPS) is 10.7. The molecule has 0 aliphatic heterocycles. The fourth-order valence-corrected chi connectivity index (χ4v) is 2.30. The SMILES string of the molecule is O=C(CCCCCCCCCCO)c1ccc(O)c(O)c1. The predicted molar refractivity (Wildman–Crippen MR) is 82.7 cm³/mol. The number of phenols is 2. The summed E-state index contributed by atoms with van der Waals surface area (Å²) >= 11 is 0. The lowest BCUT2D eigenvalue weighted by atomic mass is 10.0. The van der Waals surface area contributed by atoms with Gasteiger partial charge in [-0.25, -0.2) is 0 Å². The molecule has 0 aliphatic carbocycles. The fraction of sp³-hybridized carbons (Fsp3) is 0.588. The molecule has 0 saturated carbocycles. The molecule has 0 amide bonds. The zero-order chi connectivity index (χ0) is 15.5. The van der Waals surface area contributed by atoms with Crippen LogP contribution in [-0.2, 0) is 0 Å². The van der Waals surface area contributed by atoms with Crippen molar-refractivity contribution >= 4 is 5.78 Å². The molecule has 0 aromatic heterocycles. The number of unbranched alkanes of at least 4 members (excludes halogenated alkanes) is 7. The molecule has 4 nitrogen and oxygen atoms in total. The number of ketones is 1. The average Bonchev–Trinajstić information content (AvgIpc) is 2.48. The van der Waals surface area contributed by atoms with Gasteiger partial charge in [0.05, 0.1) is 0 Å². The Morgan fingerprint density at radius 3 is 1.95 bits per heavy atom. The standard InChI is InChI=1S/C17H26O4/c18-12-8-6-4-2-1-3-5-7-9-15(19)14-10-11-16(20)17(21)13-14/h10-11,13,18,20-21H,1-9,12H2. The molecule has 118 valence electrons. The molecular formula is C17H26O4. The van der Waals surface area contributed by atoms with Gasteiger partial charge in [0.2, 0.25) is 0 Å². The molecule has 1 aromatic rings. The molecule has 0 unspecified atom stereocenters. The quantitative estimate of drug-likeness (QED) is 0.330. The lowest BCUT2D eigenvalue weighted by Crippen LogP contribution is -1.98. The summed E-state index contributed by atoms with van der Waals surface area (Å²) in [4.78, 5) is 11.9. The molecule has 21 heavy (non-hydrogen) atoms. The van der Waals surface area contributed by atoms with E-state index in [-0.39, 0.29) is 23.9 Å². The van der Waals surface area contributed by atoms with Gasteiger partial charge in [0.25, 0.3) is 0 Å². The third-order valence-corrected chi connectivity index (χ3v) is 3.61. The van der Waals surface area contributed by atoms with Crippen molar-refractivity contribution in [2.24, 2.45) is 0 Å². The van der Waals surface area contributed by atoms with Gasteiger partial charge < -0.3 is 15.3 Å². The Kier molecular flexibility index (Phi) is 8.51. The first-order valence-electron chi connectivity index (χ1n) is 7.81. The van der Waals surface area contributed by atoms with Crippen molar-refractivity contribution in [3.63, 3.8) is 0 Å². The van der Waals surface area contributed by atoms with Crippen molar-refractivity contribution in [1.29, 1.82) is 0 Å². The van der Waals surface area contributed by atoms with Crippen molar-refractivity contribution in [2.45, 2.75) is 57.8 Å². The molecule has 0 aliphatic rings. The lowest BCUT2D eigenvalue weighted by molar-refractivity contribution is 0.0978. The van der Waals surface area contributed by atoms with E-state index in [4.69, 9.17) is 5.11 Å². The highest BCUT2D eigenvalue weighted by Crippen LogP contribution is 2.25. The van der Waals surface area contributed by atoms with Crippen LogP contribution in [0.4, 0.5) is 0 Å². The maximum Gasteiger partial charge on any atom is 0.163 e. The van der Waals surface area contributed by atoms with Crippen LogP contribution in [0.2, 0.25) is 0 Å². The zero-order valence-corrected chi connectivity index (χ0v) is 12.6. The Balaban J connectivity index is 2.09. The van der Waals surface area contributed by atoms with Crippen LogP contribution in [0.5, 0.6) is 11.5 Å². The second kappa shape index (κ2) is 10.2. The number of carbonyl (C=O) groups excluding carboxylic acids is 1. The number of aliphatic hydroxyl groups excluding tert-OH is 1. The van der Waals surface area contributed by atoms with Gasteiger partial charge in [-0.05, 0) is 31.0 Å². The molecule has 4 heteroatoms. The fourth-order valence-electron chi connectivity index (χ4n) is 2.30. The molecular weight excluding hydrogens is 268 g/mol. The van der Waals surface area contributed by atoms with Crippen LogP contribution in [0.1, 0.15) is 68.1 Å². The first-order chi connectivity index (χ1) is 10.1. The maximum absolute atomic E-state index is 11.9. The molecule has 1 rings (SSSR count). The lowest BCUT2D eigenvalue weighted by Gasteiger charge is -2.04. The van der Waals surface area contributed by atoms with E-state index >= 15 is 0 Å². The molecule has 0 atom stereocenters. The molecule has 0 spiro atoms. The number of Topliss-reactive ketones (excluding diaryl/α,β-unsaturated/α-hetero) is 1. The number of benzene rings is 1. The highest BCUT2D eigenvalue weighted by Gasteiger charge is 2.08. The summed E-state index contributed by atoms with van der Waals surface area (Å²) in [6.07, 6.45) is 9.05. The van der Waals surface area contributed by atoms with Gasteiger partial charge >= 0.3 is 0 Å². The first kappa shape index (κ1) is 17.5. The van der Waals surface area contributed by atoms with Crippen LogP contribution < -0.4 is 0 Å². The van der Waals surface area contributed by atoms with E-state index in [1.807, 2.05) is 0 Å². The molecule has 0 bridgehead atoms. The van der Waals surface area contributed by atoms with Crippen LogP contribution in [0.3, 0.4) is 0 Å². The maximum atomic E-state index is 11.9. The Morgan fingerprint density at radius 1 is 0.810 bits per heavy atom. The van der Waals surface area contributed by atoms with Crippen LogP contribution in [0.25, 0.3) is 0 Å². The zero-order valence-electron chi connectivity index (χ0n) is 12.6. The smallest absolute Gasteiger partial charge is 0.163 e. The summed E-state index contributed by atoms with van der Waals surface area (Å²) in [5.74, 6) is -0.440. The van der Waals surface area contributed by atoms with Gasteiger partial charge in [-0.2, -0.15) is 0 Å². The first-order valence-corrected chi connectivity index (χ1v) is 7.81. The topological polar surface area (TPSA) is 77.8 Å². The van der Waals surface area contributed by atoms with Crippen LogP contribution >= 0.6 is 0 Å². The number of rotatable bonds is 11. The number of hydrogen-bond donors (Lipinski definition) is 3. The number of aliphatic hydroxyl groups is 1. The third kappa shape index (κ3) is 7.14. The molecule has 0 fully saturated rings. The Bertz CT molecular complexity index is 429. The molecule has 0 heterocycles. The van der Waals surface area contributed by atoms with E-state index in [0.717, 1.165) is 32.1 Å². The van der Waals surface area contributed by atoms with Crippen LogP contribution in [0.15, 0.2) is 18.2 Å². The molecule has 0 radical (unpaired) electrons. The predicted octanol–water partition coefficient (Wildman–Crippen LogP) is 3.78. The molecule has 1 aromatic carbocycles. The Morgan fingerprint density at radius 2 is 1.38 bits per heavy atom. The van der Waals surface area contributed by atoms with Crippen molar-refractivity contribution < 1.29 is 20.1 Å². The summed E-state index contributed by atoms with van der Waals surface area (Å²) in [5, 5.41) is 27.2. The molecule has 3 N–H and O–H groups in total. The monoisotopic (exact) mass is 294 g/mol. The number of carbonyl (C=O) groups is 1. The van der Waals surface area contributed by atoms with Crippen LogP contribution in [-0.4, -0.2) is 27.7 Å². The Hall–Kier alpha value is -1.55. The van der Waals surface area contributed by atoms with E-state index in [2.05, 4.69) is 0 Å². The van der Waals surface area contributed by atoms with Gasteiger partial charge in [-0.1, -0.05) is 38.5 Å². The summed E-state index contributed by atoms with van der Waals surface area (Å²) in [7, 11) is 0. The summed E-state index contributed by atoms with van der Waals surface area (Å²) in [6, 6.07) is 4.20. The molecule has 0 saturated heterocycles. The van der Waals surface area contributed by atoms with Crippen molar-refractivity contribution in [3.05, 3.63) is 23.8 Å². The van der Waals surface area contributed by atoms with E-state index in [9.17, 15) is 15.0 Å². The average molecular weight is 294 g/mol. The van der Waals surface area contributed by atoms with Gasteiger partial charge in [0, 0.05) is 18.6 Å². The van der Waals surface area contributed by atoms with Gasteiger partial charge in [0.1, 0.15) is 0 Å². The van der Waals surface area contributed by atoms with E-state index in [0.29, 0.717) is 12.0 Å². The minimum absolute atomic E-state index is 0.00763. The summed E-state index contributed by atoms with van der Waals surface area (Å²) < 4.78 is 0. The van der Waals surface area contributed by atoms with Crippen LogP contribution in [0, 0.1) is 0 Å². The Labute approximate surface area is 126 Å². The summed E-state index contributed by atoms with van der Waals surface area (Å²) in [5.41, 5.74) is 0.453. The highest BCUT2D eigenvalue weighted by atomic mass is 16.3. The summed E-state index contributed by atoms with van der Waals surface area (Å²) in [6.45, 7) is 0.287. The number of hydrogen-bond acceptors (Lipinski definition) is 4. The van der Waals surface area contributed by atoms with E-state index in [1.54, 1.807) is 6.07 Å². The largest absolute Gasteiger partial charge is 0.504 e. The third-order valence-electron chi connectivity index (χ3n) is 3.61. The number of aromatic hydroxyl groups is 2. The minimum Gasteiger partial charge on any atom is -0.504 e. The van der Waals surface area contributed by atoms with Gasteiger partial charge in [0.15, 0.2) is 17.3 Å². The van der Waals surface area contributed by atoms with Crippen molar-refractivity contribution in [3.8, 4) is 11.5 Å². The van der Waals surface area contributed by atoms with E-state index in [1.165, 1.54) is 31.4 Å². The van der Waals surface area contributed by atoms with Crippen molar-refractivity contribution in [2.75, 3.05) is 6.61 Å². The highest BCUT2D eigenvalue weighted by molar-refractivity contribution is 5.96. The number of phenolic OH excluding ortho intramolecular Hbond substituents is 2. The second-order valence-corrected chi connectivity index (χ2v) is 5.43. The van der Waals surface area contributed by atoms with Gasteiger partial charge in [-0.15, -0.1) is 0 Å². The second-order valence-electron chi connectivity index (χ2n) is 5.43. The van der Waals surface area contributed by atoms with Crippen molar-refractivity contribution in [1.82, 2.24) is 0 Å². The van der Waals surface area contributed by atoms with Gasteiger partial charge in [-0.3, -0.25) is 4.79 Å².